The largest absolute Gasteiger partial charge is 0.449 e. The van der Waals surface area contributed by atoms with Crippen molar-refractivity contribution >= 4 is 34.7 Å². The molecule has 0 aliphatic heterocycles. The Morgan fingerprint density at radius 2 is 1.86 bits per heavy atom. The quantitative estimate of drug-likeness (QED) is 0.455. The molecule has 0 radical (unpaired) electrons. The third-order valence-electron chi connectivity index (χ3n) is 2.68. The van der Waals surface area contributed by atoms with Gasteiger partial charge in [0.15, 0.2) is 5.78 Å². The molecule has 7 heteroatoms. The molecule has 108 valence electrons. The summed E-state index contributed by atoms with van der Waals surface area (Å²) >= 11 is 11.8. The first-order valence-electron chi connectivity index (χ1n) is 5.81. The van der Waals surface area contributed by atoms with Gasteiger partial charge in [-0.15, -0.1) is 0 Å². The number of hydrogen-bond donors (Lipinski definition) is 0. The molecule has 0 spiro atoms. The van der Waals surface area contributed by atoms with E-state index in [1.165, 1.54) is 31.2 Å². The van der Waals surface area contributed by atoms with E-state index < -0.39 is 4.92 Å². The minimum Gasteiger partial charge on any atom is -0.449 e. The van der Waals surface area contributed by atoms with Crippen LogP contribution in [-0.2, 0) is 0 Å². The van der Waals surface area contributed by atoms with Crippen LogP contribution in [-0.4, -0.2) is 10.7 Å². The number of rotatable bonds is 4. The van der Waals surface area contributed by atoms with Crippen LogP contribution in [0.4, 0.5) is 5.69 Å². The SMILES string of the molecule is CC(=O)c1ccc(Oc2cc(Cl)ccc2Cl)c([N+](=O)[O-])c1. The van der Waals surface area contributed by atoms with Crippen molar-refractivity contribution in [3.8, 4) is 11.5 Å². The predicted molar refractivity (Wildman–Crippen MR) is 79.6 cm³/mol. The Labute approximate surface area is 130 Å². The van der Waals surface area contributed by atoms with Crippen LogP contribution in [0.3, 0.4) is 0 Å². The lowest BCUT2D eigenvalue weighted by Crippen LogP contribution is -1.98. The molecular weight excluding hydrogens is 317 g/mol. The van der Waals surface area contributed by atoms with E-state index in [0.717, 1.165) is 6.07 Å². The fraction of sp³-hybridized carbons (Fsp3) is 0.0714. The summed E-state index contributed by atoms with van der Waals surface area (Å²) < 4.78 is 5.45. The zero-order chi connectivity index (χ0) is 15.6. The number of ether oxygens (including phenoxy) is 1. The number of halogens is 2. The maximum atomic E-state index is 11.3. The average molecular weight is 326 g/mol. The van der Waals surface area contributed by atoms with Gasteiger partial charge in [-0.05, 0) is 31.2 Å². The van der Waals surface area contributed by atoms with Crippen LogP contribution < -0.4 is 4.74 Å². The van der Waals surface area contributed by atoms with Crippen LogP contribution in [0, 0.1) is 10.1 Å². The molecule has 0 aliphatic carbocycles. The minimum atomic E-state index is -0.625. The highest BCUT2D eigenvalue weighted by atomic mass is 35.5. The summed E-state index contributed by atoms with van der Waals surface area (Å²) in [5.74, 6) is -0.0950. The number of hydrogen-bond acceptors (Lipinski definition) is 4. The van der Waals surface area contributed by atoms with E-state index in [2.05, 4.69) is 0 Å². The van der Waals surface area contributed by atoms with Gasteiger partial charge in [-0.1, -0.05) is 23.2 Å². The fourth-order valence-corrected chi connectivity index (χ4v) is 1.96. The van der Waals surface area contributed by atoms with Crippen molar-refractivity contribution in [3.63, 3.8) is 0 Å². The van der Waals surface area contributed by atoms with Crippen molar-refractivity contribution < 1.29 is 14.5 Å². The molecule has 2 aromatic carbocycles. The molecule has 0 unspecified atom stereocenters. The lowest BCUT2D eigenvalue weighted by Gasteiger charge is -2.09. The van der Waals surface area contributed by atoms with Crippen LogP contribution >= 0.6 is 23.2 Å². The molecule has 5 nitrogen and oxygen atoms in total. The van der Waals surface area contributed by atoms with Gasteiger partial charge in [0.2, 0.25) is 5.75 Å². The topological polar surface area (TPSA) is 69.4 Å². The van der Waals surface area contributed by atoms with Gasteiger partial charge >= 0.3 is 5.69 Å². The molecule has 0 atom stereocenters. The zero-order valence-electron chi connectivity index (χ0n) is 10.8. The standard InChI is InChI=1S/C14H9Cl2NO4/c1-8(18)9-2-5-13(12(6-9)17(19)20)21-14-7-10(15)3-4-11(14)16/h2-7H,1H3. The van der Waals surface area contributed by atoms with Crippen LogP contribution in [0.15, 0.2) is 36.4 Å². The number of carbonyl (C=O) groups is 1. The van der Waals surface area contributed by atoms with E-state index in [4.69, 9.17) is 27.9 Å². The molecule has 0 saturated heterocycles. The van der Waals surface area contributed by atoms with Gasteiger partial charge in [-0.3, -0.25) is 14.9 Å². The highest BCUT2D eigenvalue weighted by Crippen LogP contribution is 2.36. The van der Waals surface area contributed by atoms with Gasteiger partial charge in [0.05, 0.1) is 9.95 Å². The van der Waals surface area contributed by atoms with Crippen molar-refractivity contribution in [1.82, 2.24) is 0 Å². The lowest BCUT2D eigenvalue weighted by atomic mass is 10.1. The van der Waals surface area contributed by atoms with Gasteiger partial charge in [0, 0.05) is 22.7 Å². The van der Waals surface area contributed by atoms with Crippen molar-refractivity contribution in [2.24, 2.45) is 0 Å². The number of nitrogens with zero attached hydrogens (tertiary/aromatic N) is 1. The summed E-state index contributed by atoms with van der Waals surface area (Å²) in [6.45, 7) is 1.33. The monoisotopic (exact) mass is 325 g/mol. The smallest absolute Gasteiger partial charge is 0.312 e. The molecule has 21 heavy (non-hydrogen) atoms. The van der Waals surface area contributed by atoms with Crippen LogP contribution in [0.5, 0.6) is 11.5 Å². The first kappa shape index (κ1) is 15.3. The Kier molecular flexibility index (Phi) is 4.45. The highest BCUT2D eigenvalue weighted by molar-refractivity contribution is 6.34. The first-order chi connectivity index (χ1) is 9.88. The third-order valence-corrected chi connectivity index (χ3v) is 3.22. The second-order valence-electron chi connectivity index (χ2n) is 4.17. The summed E-state index contributed by atoms with van der Waals surface area (Å²) in [4.78, 5) is 21.8. The fourth-order valence-electron chi connectivity index (χ4n) is 1.64. The molecule has 0 aromatic heterocycles. The summed E-state index contributed by atoms with van der Waals surface area (Å²) in [6.07, 6.45) is 0. The summed E-state index contributed by atoms with van der Waals surface area (Å²) in [5.41, 5.74) is -0.0926. The number of ketones is 1. The maximum Gasteiger partial charge on any atom is 0.312 e. The van der Waals surface area contributed by atoms with Crippen molar-refractivity contribution in [3.05, 3.63) is 62.1 Å². The maximum absolute atomic E-state index is 11.3. The Morgan fingerprint density at radius 3 is 2.48 bits per heavy atom. The molecule has 0 heterocycles. The predicted octanol–water partition coefficient (Wildman–Crippen LogP) is 4.90. The molecule has 0 bridgehead atoms. The summed E-state index contributed by atoms with van der Waals surface area (Å²) in [5, 5.41) is 11.7. The normalized spacial score (nSPS) is 10.2. The Balaban J connectivity index is 2.46. The van der Waals surface area contributed by atoms with Crippen molar-refractivity contribution in [1.29, 1.82) is 0 Å². The van der Waals surface area contributed by atoms with E-state index >= 15 is 0 Å². The number of Topliss-reactive ketones (excluding diaryl/α,β-unsaturated/α-hetero) is 1. The summed E-state index contributed by atoms with van der Waals surface area (Å²) in [6, 6.07) is 8.51. The first-order valence-corrected chi connectivity index (χ1v) is 6.56. The second-order valence-corrected chi connectivity index (χ2v) is 5.02. The molecule has 2 aromatic rings. The van der Waals surface area contributed by atoms with Gasteiger partial charge < -0.3 is 4.74 Å². The van der Waals surface area contributed by atoms with Crippen LogP contribution in [0.25, 0.3) is 0 Å². The van der Waals surface area contributed by atoms with E-state index in [9.17, 15) is 14.9 Å². The number of nitro groups is 1. The van der Waals surface area contributed by atoms with E-state index in [0.29, 0.717) is 5.02 Å². The molecule has 0 fully saturated rings. The van der Waals surface area contributed by atoms with Gasteiger partial charge in [0.1, 0.15) is 5.75 Å². The molecule has 0 aliphatic rings. The van der Waals surface area contributed by atoms with Gasteiger partial charge in [-0.2, -0.15) is 0 Å². The van der Waals surface area contributed by atoms with Crippen LogP contribution in [0.1, 0.15) is 17.3 Å². The van der Waals surface area contributed by atoms with E-state index in [-0.39, 0.29) is 33.6 Å². The second kappa shape index (κ2) is 6.11. The number of nitro benzene ring substituents is 1. The Morgan fingerprint density at radius 1 is 1.14 bits per heavy atom. The molecule has 0 amide bonds. The number of benzene rings is 2. The van der Waals surface area contributed by atoms with Crippen molar-refractivity contribution in [2.45, 2.75) is 6.92 Å². The summed E-state index contributed by atoms with van der Waals surface area (Å²) in [7, 11) is 0. The van der Waals surface area contributed by atoms with Crippen LogP contribution in [0.2, 0.25) is 10.0 Å². The molecule has 0 saturated carbocycles. The average Bonchev–Trinajstić information content (AvgIpc) is 2.42. The highest BCUT2D eigenvalue weighted by Gasteiger charge is 2.19. The molecule has 0 N–H and O–H groups in total. The zero-order valence-corrected chi connectivity index (χ0v) is 12.3. The Bertz CT molecular complexity index is 731. The minimum absolute atomic E-state index is 0.0193. The van der Waals surface area contributed by atoms with Crippen molar-refractivity contribution in [2.75, 3.05) is 0 Å². The van der Waals surface area contributed by atoms with E-state index in [1.54, 1.807) is 6.07 Å². The third kappa shape index (κ3) is 3.51. The lowest BCUT2D eigenvalue weighted by molar-refractivity contribution is -0.385. The molecular formula is C14H9Cl2NO4. The van der Waals surface area contributed by atoms with E-state index in [1.807, 2.05) is 0 Å². The van der Waals surface area contributed by atoms with Gasteiger partial charge in [0.25, 0.3) is 0 Å². The number of carbonyl (C=O) groups excluding carboxylic acids is 1. The Hall–Kier alpha value is -2.11. The molecule has 2 rings (SSSR count). The van der Waals surface area contributed by atoms with Gasteiger partial charge in [-0.25, -0.2) is 0 Å².